The first-order chi connectivity index (χ1) is 9.04. The first-order valence-corrected chi connectivity index (χ1v) is 6.74. The van der Waals surface area contributed by atoms with Gasteiger partial charge in [-0.3, -0.25) is 0 Å². The quantitative estimate of drug-likeness (QED) is 0.884. The molecule has 0 spiro atoms. The summed E-state index contributed by atoms with van der Waals surface area (Å²) in [7, 11) is 0. The molecule has 2 N–H and O–H groups in total. The minimum atomic E-state index is -0.374. The number of aliphatic hydroxyl groups is 1. The van der Waals surface area contributed by atoms with Crippen molar-refractivity contribution in [1.82, 2.24) is 5.32 Å². The van der Waals surface area contributed by atoms with E-state index in [1.165, 1.54) is 0 Å². The SMILES string of the molecule is CC(O)CNCc1ccc(-c2cc(Cl)cc(Cl)c2)o1. The number of furan rings is 1. The summed E-state index contributed by atoms with van der Waals surface area (Å²) in [4.78, 5) is 0. The fourth-order valence-electron chi connectivity index (χ4n) is 1.73. The summed E-state index contributed by atoms with van der Waals surface area (Å²) in [6.45, 7) is 2.83. The standard InChI is InChI=1S/C14H15Cl2NO2/c1-9(18)7-17-8-13-2-3-14(19-13)10-4-11(15)6-12(16)5-10/h2-6,9,17-18H,7-8H2,1H3. The lowest BCUT2D eigenvalue weighted by atomic mass is 10.2. The molecule has 3 nitrogen and oxygen atoms in total. The third kappa shape index (κ3) is 4.25. The van der Waals surface area contributed by atoms with E-state index in [4.69, 9.17) is 32.7 Å². The second-order valence-electron chi connectivity index (χ2n) is 4.40. The van der Waals surface area contributed by atoms with Crippen molar-refractivity contribution < 1.29 is 9.52 Å². The summed E-state index contributed by atoms with van der Waals surface area (Å²) in [6, 6.07) is 9.06. The summed E-state index contributed by atoms with van der Waals surface area (Å²) in [6.07, 6.45) is -0.374. The van der Waals surface area contributed by atoms with Crippen LogP contribution in [-0.4, -0.2) is 17.8 Å². The summed E-state index contributed by atoms with van der Waals surface area (Å²) in [5.74, 6) is 1.52. The smallest absolute Gasteiger partial charge is 0.134 e. The van der Waals surface area contributed by atoms with Crippen LogP contribution in [0, 0.1) is 0 Å². The number of rotatable bonds is 5. The van der Waals surface area contributed by atoms with Crippen molar-refractivity contribution >= 4 is 23.2 Å². The van der Waals surface area contributed by atoms with Crippen LogP contribution >= 0.6 is 23.2 Å². The zero-order chi connectivity index (χ0) is 13.8. The van der Waals surface area contributed by atoms with Gasteiger partial charge in [0.1, 0.15) is 11.5 Å². The molecule has 1 aromatic heterocycles. The Balaban J connectivity index is 2.07. The van der Waals surface area contributed by atoms with Crippen molar-refractivity contribution in [3.05, 3.63) is 46.1 Å². The van der Waals surface area contributed by atoms with E-state index in [2.05, 4.69) is 5.32 Å². The number of halogens is 2. The van der Waals surface area contributed by atoms with E-state index in [1.807, 2.05) is 12.1 Å². The Morgan fingerprint density at radius 3 is 2.53 bits per heavy atom. The van der Waals surface area contributed by atoms with Crippen LogP contribution < -0.4 is 5.32 Å². The molecule has 0 fully saturated rings. The molecule has 0 amide bonds. The Bertz CT molecular complexity index is 532. The van der Waals surface area contributed by atoms with Gasteiger partial charge in [-0.25, -0.2) is 0 Å². The molecule has 0 radical (unpaired) electrons. The normalized spacial score (nSPS) is 12.6. The molecule has 2 aromatic rings. The molecule has 1 aromatic carbocycles. The van der Waals surface area contributed by atoms with Gasteiger partial charge in [-0.05, 0) is 37.3 Å². The van der Waals surface area contributed by atoms with Crippen LogP contribution in [0.1, 0.15) is 12.7 Å². The van der Waals surface area contributed by atoms with Gasteiger partial charge in [0.2, 0.25) is 0 Å². The molecule has 5 heteroatoms. The Morgan fingerprint density at radius 1 is 1.21 bits per heavy atom. The van der Waals surface area contributed by atoms with Gasteiger partial charge in [0.05, 0.1) is 12.6 Å². The number of nitrogens with one attached hydrogen (secondary N) is 1. The highest BCUT2D eigenvalue weighted by molar-refractivity contribution is 6.35. The summed E-state index contributed by atoms with van der Waals surface area (Å²) >= 11 is 11.9. The van der Waals surface area contributed by atoms with Crippen LogP contribution in [0.25, 0.3) is 11.3 Å². The summed E-state index contributed by atoms with van der Waals surface area (Å²) < 4.78 is 5.70. The molecule has 1 atom stereocenters. The zero-order valence-corrected chi connectivity index (χ0v) is 12.0. The molecule has 0 bridgehead atoms. The predicted octanol–water partition coefficient (Wildman–Crippen LogP) is 3.72. The van der Waals surface area contributed by atoms with Crippen molar-refractivity contribution in [3.63, 3.8) is 0 Å². The minimum Gasteiger partial charge on any atom is -0.460 e. The third-order valence-electron chi connectivity index (χ3n) is 2.55. The molecule has 19 heavy (non-hydrogen) atoms. The van der Waals surface area contributed by atoms with Gasteiger partial charge < -0.3 is 14.8 Å². The lowest BCUT2D eigenvalue weighted by Crippen LogP contribution is -2.23. The molecular weight excluding hydrogens is 285 g/mol. The van der Waals surface area contributed by atoms with Crippen LogP contribution in [0.15, 0.2) is 34.7 Å². The van der Waals surface area contributed by atoms with Gasteiger partial charge in [0.15, 0.2) is 0 Å². The zero-order valence-electron chi connectivity index (χ0n) is 10.5. The molecule has 2 rings (SSSR count). The number of benzene rings is 1. The van der Waals surface area contributed by atoms with Gasteiger partial charge >= 0.3 is 0 Å². The van der Waals surface area contributed by atoms with Crippen molar-refractivity contribution in [2.45, 2.75) is 19.6 Å². The number of hydrogen-bond donors (Lipinski definition) is 2. The van der Waals surface area contributed by atoms with E-state index in [0.717, 1.165) is 17.1 Å². The van der Waals surface area contributed by atoms with Gasteiger partial charge in [-0.2, -0.15) is 0 Å². The molecule has 0 aliphatic rings. The van der Waals surface area contributed by atoms with Crippen LogP contribution in [0.2, 0.25) is 10.0 Å². The molecule has 1 unspecified atom stereocenters. The van der Waals surface area contributed by atoms with E-state index < -0.39 is 0 Å². The predicted molar refractivity (Wildman–Crippen MR) is 77.6 cm³/mol. The molecule has 0 saturated carbocycles. The second kappa shape index (κ2) is 6.44. The lowest BCUT2D eigenvalue weighted by molar-refractivity contribution is 0.190. The van der Waals surface area contributed by atoms with Gasteiger partial charge in [0.25, 0.3) is 0 Å². The first-order valence-electron chi connectivity index (χ1n) is 5.98. The maximum atomic E-state index is 9.15. The van der Waals surface area contributed by atoms with Crippen molar-refractivity contribution in [1.29, 1.82) is 0 Å². The Morgan fingerprint density at radius 2 is 1.89 bits per heavy atom. The molecule has 1 heterocycles. The van der Waals surface area contributed by atoms with E-state index in [-0.39, 0.29) is 6.10 Å². The monoisotopic (exact) mass is 299 g/mol. The van der Waals surface area contributed by atoms with E-state index in [0.29, 0.717) is 23.1 Å². The third-order valence-corrected chi connectivity index (χ3v) is 2.98. The van der Waals surface area contributed by atoms with Crippen LogP contribution in [0.3, 0.4) is 0 Å². The van der Waals surface area contributed by atoms with Gasteiger partial charge in [-0.1, -0.05) is 23.2 Å². The average molecular weight is 300 g/mol. The lowest BCUT2D eigenvalue weighted by Gasteiger charge is -2.04. The fourth-order valence-corrected chi connectivity index (χ4v) is 2.25. The van der Waals surface area contributed by atoms with Crippen LogP contribution in [0.4, 0.5) is 0 Å². The van der Waals surface area contributed by atoms with Gasteiger partial charge in [0, 0.05) is 22.2 Å². The molecule has 102 valence electrons. The maximum Gasteiger partial charge on any atom is 0.134 e. The van der Waals surface area contributed by atoms with Gasteiger partial charge in [-0.15, -0.1) is 0 Å². The maximum absolute atomic E-state index is 9.15. The van der Waals surface area contributed by atoms with Crippen molar-refractivity contribution in [2.24, 2.45) is 0 Å². The second-order valence-corrected chi connectivity index (χ2v) is 5.28. The highest BCUT2D eigenvalue weighted by Crippen LogP contribution is 2.28. The first kappa shape index (κ1) is 14.4. The molecule has 0 saturated heterocycles. The Hall–Kier alpha value is -1.00. The summed E-state index contributed by atoms with van der Waals surface area (Å²) in [5.41, 5.74) is 0.847. The van der Waals surface area contributed by atoms with Crippen LogP contribution in [0.5, 0.6) is 0 Å². The fraction of sp³-hybridized carbons (Fsp3) is 0.286. The van der Waals surface area contributed by atoms with Crippen molar-refractivity contribution in [2.75, 3.05) is 6.54 Å². The number of hydrogen-bond acceptors (Lipinski definition) is 3. The topological polar surface area (TPSA) is 45.4 Å². The highest BCUT2D eigenvalue weighted by Gasteiger charge is 2.07. The molecular formula is C14H15Cl2NO2. The average Bonchev–Trinajstić information content (AvgIpc) is 2.76. The number of aliphatic hydroxyl groups excluding tert-OH is 1. The molecule has 0 aliphatic carbocycles. The highest BCUT2D eigenvalue weighted by atomic mass is 35.5. The largest absolute Gasteiger partial charge is 0.460 e. The minimum absolute atomic E-state index is 0.374. The molecule has 0 aliphatic heterocycles. The Kier molecular flexibility index (Phi) is 4.88. The van der Waals surface area contributed by atoms with Crippen molar-refractivity contribution in [3.8, 4) is 11.3 Å². The van der Waals surface area contributed by atoms with E-state index in [9.17, 15) is 0 Å². The van der Waals surface area contributed by atoms with E-state index in [1.54, 1.807) is 25.1 Å². The van der Waals surface area contributed by atoms with Crippen LogP contribution in [-0.2, 0) is 6.54 Å². The summed E-state index contributed by atoms with van der Waals surface area (Å²) in [5, 5.41) is 13.4. The Labute approximate surface area is 122 Å². The van der Waals surface area contributed by atoms with E-state index >= 15 is 0 Å².